The standard InChI is InChI=1S/C21H18N2O4/c1-3-21(26)15-8-17-18-13(7-12-6-11(2)4-5-16(12)22-18)9-23(17)19(24)14(15)10-27-20(21)25/h4-8,26H,3,9-10H2,1-2H3/t21-/m0/s1. The van der Waals surface area contributed by atoms with Crippen LogP contribution in [0.25, 0.3) is 22.3 Å². The van der Waals surface area contributed by atoms with Crippen LogP contribution in [-0.2, 0) is 28.3 Å². The van der Waals surface area contributed by atoms with E-state index in [0.717, 1.165) is 27.7 Å². The summed E-state index contributed by atoms with van der Waals surface area (Å²) in [7, 11) is 0. The topological polar surface area (TPSA) is 81.4 Å². The Morgan fingerprint density at radius 1 is 1.26 bits per heavy atom. The van der Waals surface area contributed by atoms with Gasteiger partial charge in [-0.25, -0.2) is 9.78 Å². The van der Waals surface area contributed by atoms with Crippen molar-refractivity contribution in [3.05, 3.63) is 62.9 Å². The first-order valence-corrected chi connectivity index (χ1v) is 9.00. The summed E-state index contributed by atoms with van der Waals surface area (Å²) in [6, 6.07) is 9.83. The number of aryl methyl sites for hydroxylation is 1. The molecule has 0 spiro atoms. The minimum absolute atomic E-state index is 0.111. The van der Waals surface area contributed by atoms with Crippen LogP contribution in [0.1, 0.15) is 35.6 Å². The molecule has 2 aliphatic rings. The van der Waals surface area contributed by atoms with E-state index in [1.54, 1.807) is 17.6 Å². The van der Waals surface area contributed by atoms with Crippen LogP contribution in [0.5, 0.6) is 0 Å². The zero-order chi connectivity index (χ0) is 18.9. The average Bonchev–Trinajstić information content (AvgIpc) is 3.01. The molecule has 6 nitrogen and oxygen atoms in total. The molecule has 0 amide bonds. The van der Waals surface area contributed by atoms with Crippen LogP contribution >= 0.6 is 0 Å². The Morgan fingerprint density at radius 3 is 2.85 bits per heavy atom. The minimum Gasteiger partial charge on any atom is -0.458 e. The number of hydrogen-bond acceptors (Lipinski definition) is 5. The smallest absolute Gasteiger partial charge is 0.343 e. The number of hydrogen-bond donors (Lipinski definition) is 1. The summed E-state index contributed by atoms with van der Waals surface area (Å²) in [5.74, 6) is -0.706. The van der Waals surface area contributed by atoms with Gasteiger partial charge in [0.25, 0.3) is 5.56 Å². The first kappa shape index (κ1) is 16.2. The van der Waals surface area contributed by atoms with Gasteiger partial charge < -0.3 is 14.4 Å². The van der Waals surface area contributed by atoms with Crippen molar-refractivity contribution in [3.8, 4) is 11.4 Å². The Hall–Kier alpha value is -2.99. The molecule has 0 radical (unpaired) electrons. The van der Waals surface area contributed by atoms with Gasteiger partial charge in [0.15, 0.2) is 5.60 Å². The Morgan fingerprint density at radius 2 is 2.07 bits per heavy atom. The van der Waals surface area contributed by atoms with Crippen LogP contribution in [0.4, 0.5) is 0 Å². The van der Waals surface area contributed by atoms with Crippen molar-refractivity contribution in [1.82, 2.24) is 9.55 Å². The number of carbonyl (C=O) groups excluding carboxylic acids is 1. The lowest BCUT2D eigenvalue weighted by molar-refractivity contribution is -0.172. The maximum atomic E-state index is 13.1. The molecular weight excluding hydrogens is 344 g/mol. The summed E-state index contributed by atoms with van der Waals surface area (Å²) in [5.41, 5.74) is 2.98. The summed E-state index contributed by atoms with van der Waals surface area (Å²) >= 11 is 0. The number of carbonyl (C=O) groups is 1. The number of pyridine rings is 2. The summed E-state index contributed by atoms with van der Waals surface area (Å²) < 4.78 is 6.74. The Kier molecular flexibility index (Phi) is 3.16. The number of aliphatic hydroxyl groups is 1. The molecule has 1 N–H and O–H groups in total. The van der Waals surface area contributed by atoms with Gasteiger partial charge in [-0.15, -0.1) is 0 Å². The SMILES string of the molecule is CC[C@@]1(O)C(=O)OCc2c1cc1n(c2=O)Cc2cc3cc(C)ccc3nc2-1. The molecule has 0 saturated carbocycles. The second kappa shape index (κ2) is 5.27. The zero-order valence-corrected chi connectivity index (χ0v) is 15.1. The molecule has 0 bridgehead atoms. The minimum atomic E-state index is -1.79. The van der Waals surface area contributed by atoms with E-state index in [2.05, 4.69) is 12.1 Å². The second-order valence-electron chi connectivity index (χ2n) is 7.30. The predicted molar refractivity (Wildman–Crippen MR) is 99.3 cm³/mol. The Bertz CT molecular complexity index is 1210. The van der Waals surface area contributed by atoms with Gasteiger partial charge in [-0.3, -0.25) is 4.79 Å². The molecule has 1 atom stereocenters. The summed E-state index contributed by atoms with van der Waals surface area (Å²) in [5, 5.41) is 11.9. The number of rotatable bonds is 1. The lowest BCUT2D eigenvalue weighted by atomic mass is 9.86. The first-order chi connectivity index (χ1) is 12.9. The van der Waals surface area contributed by atoms with Crippen LogP contribution < -0.4 is 5.56 Å². The van der Waals surface area contributed by atoms with Gasteiger partial charge in [-0.05, 0) is 37.6 Å². The summed E-state index contributed by atoms with van der Waals surface area (Å²) in [6.45, 7) is 4.04. The van der Waals surface area contributed by atoms with Crippen molar-refractivity contribution in [2.24, 2.45) is 0 Å². The first-order valence-electron chi connectivity index (χ1n) is 9.00. The highest BCUT2D eigenvalue weighted by Gasteiger charge is 2.45. The molecule has 3 aromatic rings. The highest BCUT2D eigenvalue weighted by atomic mass is 16.6. The van der Waals surface area contributed by atoms with Crippen LogP contribution in [0, 0.1) is 6.92 Å². The van der Waals surface area contributed by atoms with Crippen molar-refractivity contribution in [1.29, 1.82) is 0 Å². The van der Waals surface area contributed by atoms with Crippen molar-refractivity contribution in [2.45, 2.75) is 39.0 Å². The van der Waals surface area contributed by atoms with E-state index in [4.69, 9.17) is 9.72 Å². The third-order valence-electron chi connectivity index (χ3n) is 5.66. The van der Waals surface area contributed by atoms with Gasteiger partial charge in [-0.1, -0.05) is 18.6 Å². The molecule has 1 aromatic carbocycles. The Labute approximate surface area is 155 Å². The highest BCUT2D eigenvalue weighted by Crippen LogP contribution is 2.38. The summed E-state index contributed by atoms with van der Waals surface area (Å²) in [6.07, 6.45) is 0.138. The quantitative estimate of drug-likeness (QED) is 0.526. The van der Waals surface area contributed by atoms with Gasteiger partial charge in [-0.2, -0.15) is 0 Å². The zero-order valence-electron chi connectivity index (χ0n) is 15.1. The molecule has 2 aliphatic heterocycles. The van der Waals surface area contributed by atoms with Gasteiger partial charge >= 0.3 is 5.97 Å². The van der Waals surface area contributed by atoms with Crippen molar-refractivity contribution in [3.63, 3.8) is 0 Å². The van der Waals surface area contributed by atoms with Crippen molar-refractivity contribution < 1.29 is 14.6 Å². The molecule has 4 heterocycles. The fraction of sp³-hybridized carbons (Fsp3) is 0.286. The third kappa shape index (κ3) is 2.07. The highest BCUT2D eigenvalue weighted by molar-refractivity contribution is 5.86. The number of fused-ring (bicyclic) bond motifs is 5. The molecule has 5 rings (SSSR count). The van der Waals surface area contributed by atoms with E-state index in [-0.39, 0.29) is 18.6 Å². The van der Waals surface area contributed by atoms with Gasteiger partial charge in [0.2, 0.25) is 0 Å². The van der Waals surface area contributed by atoms with Crippen molar-refractivity contribution >= 4 is 16.9 Å². The normalized spacial score (nSPS) is 20.2. The molecule has 6 heteroatoms. The van der Waals surface area contributed by atoms with E-state index in [1.807, 2.05) is 19.1 Å². The molecule has 0 saturated heterocycles. The van der Waals surface area contributed by atoms with E-state index in [0.29, 0.717) is 23.4 Å². The van der Waals surface area contributed by atoms with E-state index < -0.39 is 11.6 Å². The van der Waals surface area contributed by atoms with Gasteiger partial charge in [0.05, 0.1) is 29.0 Å². The van der Waals surface area contributed by atoms with Crippen LogP contribution in [0.3, 0.4) is 0 Å². The largest absolute Gasteiger partial charge is 0.458 e. The summed E-state index contributed by atoms with van der Waals surface area (Å²) in [4.78, 5) is 30.0. The lowest BCUT2D eigenvalue weighted by Gasteiger charge is -2.31. The molecule has 0 fully saturated rings. The lowest BCUT2D eigenvalue weighted by Crippen LogP contribution is -2.44. The number of nitrogens with zero attached hydrogens (tertiary/aromatic N) is 2. The number of cyclic esters (lactones) is 1. The fourth-order valence-electron chi connectivity index (χ4n) is 4.11. The number of ether oxygens (including phenoxy) is 1. The predicted octanol–water partition coefficient (Wildman–Crippen LogP) is 2.39. The maximum Gasteiger partial charge on any atom is 0.343 e. The number of aromatic nitrogens is 2. The Balaban J connectivity index is 1.80. The van der Waals surface area contributed by atoms with Crippen molar-refractivity contribution in [2.75, 3.05) is 0 Å². The molecule has 2 aromatic heterocycles. The second-order valence-corrected chi connectivity index (χ2v) is 7.30. The maximum absolute atomic E-state index is 13.1. The monoisotopic (exact) mass is 362 g/mol. The fourth-order valence-corrected chi connectivity index (χ4v) is 4.11. The molecule has 0 unspecified atom stereocenters. The molecule has 0 aliphatic carbocycles. The third-order valence-corrected chi connectivity index (χ3v) is 5.66. The van der Waals surface area contributed by atoms with Crippen LogP contribution in [0.15, 0.2) is 35.1 Å². The van der Waals surface area contributed by atoms with E-state index in [9.17, 15) is 14.7 Å². The molecular formula is C21H18N2O4. The number of benzene rings is 1. The van der Waals surface area contributed by atoms with E-state index >= 15 is 0 Å². The molecule has 27 heavy (non-hydrogen) atoms. The van der Waals surface area contributed by atoms with Crippen LogP contribution in [0.2, 0.25) is 0 Å². The molecule has 136 valence electrons. The van der Waals surface area contributed by atoms with Gasteiger partial charge in [0.1, 0.15) is 6.61 Å². The number of esters is 1. The van der Waals surface area contributed by atoms with Crippen LogP contribution in [-0.4, -0.2) is 20.6 Å². The van der Waals surface area contributed by atoms with E-state index in [1.165, 1.54) is 0 Å². The van der Waals surface area contributed by atoms with Gasteiger partial charge in [0, 0.05) is 16.5 Å². The average molecular weight is 362 g/mol.